The molecule has 3 aromatic rings. The maximum atomic E-state index is 11.0. The molecular weight excluding hydrogens is 266 g/mol. The molecule has 1 aromatic carbocycles. The van der Waals surface area contributed by atoms with Crippen molar-refractivity contribution < 1.29 is 0 Å². The second-order valence-corrected chi connectivity index (χ2v) is 4.67. The number of aromatic amines is 1. The Morgan fingerprint density at radius 3 is 3.21 bits per heavy atom. The van der Waals surface area contributed by atoms with E-state index < -0.39 is 0 Å². The van der Waals surface area contributed by atoms with Gasteiger partial charge in [-0.1, -0.05) is 17.4 Å². The summed E-state index contributed by atoms with van der Waals surface area (Å²) in [5.74, 6) is 0. The van der Waals surface area contributed by atoms with E-state index >= 15 is 0 Å². The second kappa shape index (κ2) is 2.68. The number of aromatic nitrogens is 3. The molecule has 0 fully saturated rings. The van der Waals surface area contributed by atoms with Crippen LogP contribution in [-0.2, 0) is 0 Å². The first-order valence-electron chi connectivity index (χ1n) is 3.91. The summed E-state index contributed by atoms with van der Waals surface area (Å²) < 4.78 is 3.81. The first kappa shape index (κ1) is 8.19. The Hall–Kier alpha value is -1.14. The van der Waals surface area contributed by atoms with Gasteiger partial charge < -0.3 is 0 Å². The van der Waals surface area contributed by atoms with Crippen LogP contribution in [0.3, 0.4) is 0 Å². The average Bonchev–Trinajstić information content (AvgIpc) is 2.63. The summed E-state index contributed by atoms with van der Waals surface area (Å²) in [6, 6.07) is 5.84. The van der Waals surface area contributed by atoms with Crippen molar-refractivity contribution in [2.24, 2.45) is 0 Å². The number of H-pyrrole nitrogens is 1. The van der Waals surface area contributed by atoms with Crippen molar-refractivity contribution in [2.75, 3.05) is 0 Å². The third kappa shape index (κ3) is 0.978. The third-order valence-electron chi connectivity index (χ3n) is 1.98. The van der Waals surface area contributed by atoms with Crippen molar-refractivity contribution in [3.63, 3.8) is 0 Å². The minimum atomic E-state index is -0.307. The van der Waals surface area contributed by atoms with E-state index in [2.05, 4.69) is 26.0 Å². The quantitative estimate of drug-likeness (QED) is 0.679. The molecule has 0 radical (unpaired) electrons. The molecule has 1 N–H and O–H groups in total. The lowest BCUT2D eigenvalue weighted by Gasteiger charge is -1.91. The van der Waals surface area contributed by atoms with Gasteiger partial charge in [0.25, 0.3) is 0 Å². The second-order valence-electron chi connectivity index (χ2n) is 2.84. The SMILES string of the molecule is O=c1nc2sc3c(Br)cccc3n2[nH]1. The molecule has 0 aliphatic heterocycles. The topological polar surface area (TPSA) is 50.2 Å². The molecule has 4 nitrogen and oxygen atoms in total. The van der Waals surface area contributed by atoms with Crippen molar-refractivity contribution >= 4 is 42.4 Å². The minimum Gasteiger partial charge on any atom is -0.244 e. The lowest BCUT2D eigenvalue weighted by atomic mass is 10.3. The standard InChI is InChI=1S/C8H4BrN3OS/c9-4-2-1-3-5-6(4)14-8-10-7(13)11-12(5)8/h1-3H,(H,11,13). The molecule has 0 spiro atoms. The van der Waals surface area contributed by atoms with Crippen LogP contribution in [0.25, 0.3) is 15.2 Å². The molecule has 2 aromatic heterocycles. The van der Waals surface area contributed by atoms with E-state index in [0.29, 0.717) is 4.96 Å². The van der Waals surface area contributed by atoms with E-state index in [1.54, 1.807) is 4.52 Å². The predicted molar refractivity (Wildman–Crippen MR) is 58.9 cm³/mol. The van der Waals surface area contributed by atoms with Gasteiger partial charge in [0.2, 0.25) is 4.96 Å². The van der Waals surface area contributed by atoms with Crippen LogP contribution >= 0.6 is 27.3 Å². The summed E-state index contributed by atoms with van der Waals surface area (Å²) in [6.45, 7) is 0. The largest absolute Gasteiger partial charge is 0.362 e. The van der Waals surface area contributed by atoms with E-state index in [4.69, 9.17) is 0 Å². The van der Waals surface area contributed by atoms with Gasteiger partial charge in [-0.25, -0.2) is 14.4 Å². The van der Waals surface area contributed by atoms with Crippen molar-refractivity contribution in [3.8, 4) is 0 Å². The number of nitrogens with one attached hydrogen (secondary N) is 1. The van der Waals surface area contributed by atoms with Gasteiger partial charge in [-0.3, -0.25) is 0 Å². The van der Waals surface area contributed by atoms with Gasteiger partial charge in [0.05, 0.1) is 10.2 Å². The molecule has 0 atom stereocenters. The van der Waals surface area contributed by atoms with Gasteiger partial charge in [-0.15, -0.1) is 0 Å². The van der Waals surface area contributed by atoms with E-state index in [1.807, 2.05) is 18.2 Å². The summed E-state index contributed by atoms with van der Waals surface area (Å²) in [4.78, 5) is 15.5. The summed E-state index contributed by atoms with van der Waals surface area (Å²) in [7, 11) is 0. The number of hydrogen-bond donors (Lipinski definition) is 1. The van der Waals surface area contributed by atoms with Crippen molar-refractivity contribution in [1.29, 1.82) is 0 Å². The zero-order chi connectivity index (χ0) is 9.71. The Bertz CT molecular complexity index is 681. The number of fused-ring (bicyclic) bond motifs is 3. The zero-order valence-electron chi connectivity index (χ0n) is 6.82. The molecule has 0 saturated heterocycles. The Labute approximate surface area is 90.3 Å². The summed E-state index contributed by atoms with van der Waals surface area (Å²) in [5, 5.41) is 2.65. The molecule has 0 aliphatic carbocycles. The molecule has 0 saturated carbocycles. The fourth-order valence-electron chi connectivity index (χ4n) is 1.40. The van der Waals surface area contributed by atoms with Gasteiger partial charge in [-0.05, 0) is 28.1 Å². The van der Waals surface area contributed by atoms with E-state index in [-0.39, 0.29) is 5.69 Å². The average molecular weight is 270 g/mol. The fraction of sp³-hybridized carbons (Fsp3) is 0. The van der Waals surface area contributed by atoms with E-state index in [1.165, 1.54) is 11.3 Å². The molecular formula is C8H4BrN3OS. The molecule has 70 valence electrons. The Morgan fingerprint density at radius 1 is 1.50 bits per heavy atom. The molecule has 0 unspecified atom stereocenters. The monoisotopic (exact) mass is 269 g/mol. The Balaban J connectivity index is 2.65. The van der Waals surface area contributed by atoms with E-state index in [0.717, 1.165) is 14.7 Å². The van der Waals surface area contributed by atoms with Crippen LogP contribution in [0.15, 0.2) is 27.5 Å². The first-order valence-corrected chi connectivity index (χ1v) is 5.52. The Morgan fingerprint density at radius 2 is 2.36 bits per heavy atom. The van der Waals surface area contributed by atoms with Crippen LogP contribution in [0.1, 0.15) is 0 Å². The van der Waals surface area contributed by atoms with E-state index in [9.17, 15) is 4.79 Å². The summed E-state index contributed by atoms with van der Waals surface area (Å²) in [6.07, 6.45) is 0. The maximum Gasteiger partial charge on any atom is 0.362 e. The number of hydrogen-bond acceptors (Lipinski definition) is 3. The number of nitrogens with zero attached hydrogens (tertiary/aromatic N) is 2. The number of benzene rings is 1. The number of rotatable bonds is 0. The van der Waals surface area contributed by atoms with Gasteiger partial charge in [0, 0.05) is 4.47 Å². The molecule has 0 bridgehead atoms. The lowest BCUT2D eigenvalue weighted by Crippen LogP contribution is -2.02. The number of halogens is 1. The van der Waals surface area contributed by atoms with Crippen LogP contribution in [0.4, 0.5) is 0 Å². The normalized spacial score (nSPS) is 11.5. The van der Waals surface area contributed by atoms with Gasteiger partial charge in [0.15, 0.2) is 0 Å². The van der Waals surface area contributed by atoms with Crippen LogP contribution < -0.4 is 5.69 Å². The van der Waals surface area contributed by atoms with Gasteiger partial charge in [0.1, 0.15) is 0 Å². The molecule has 0 amide bonds. The first-order chi connectivity index (χ1) is 6.75. The van der Waals surface area contributed by atoms with Crippen LogP contribution in [0.5, 0.6) is 0 Å². The zero-order valence-corrected chi connectivity index (χ0v) is 9.22. The molecule has 14 heavy (non-hydrogen) atoms. The number of thiazole rings is 1. The fourth-order valence-corrected chi connectivity index (χ4v) is 2.98. The lowest BCUT2D eigenvalue weighted by molar-refractivity contribution is 0.979. The summed E-state index contributed by atoms with van der Waals surface area (Å²) >= 11 is 4.94. The van der Waals surface area contributed by atoms with Crippen molar-refractivity contribution in [1.82, 2.24) is 14.6 Å². The summed E-state index contributed by atoms with van der Waals surface area (Å²) in [5.41, 5.74) is 0.659. The smallest absolute Gasteiger partial charge is 0.244 e. The van der Waals surface area contributed by atoms with Gasteiger partial charge >= 0.3 is 5.69 Å². The Kier molecular flexibility index (Phi) is 1.57. The highest BCUT2D eigenvalue weighted by Crippen LogP contribution is 2.30. The maximum absolute atomic E-state index is 11.0. The van der Waals surface area contributed by atoms with Crippen LogP contribution in [0.2, 0.25) is 0 Å². The molecule has 0 aliphatic rings. The third-order valence-corrected chi connectivity index (χ3v) is 3.99. The van der Waals surface area contributed by atoms with Crippen LogP contribution in [-0.4, -0.2) is 14.6 Å². The highest BCUT2D eigenvalue weighted by Gasteiger charge is 2.08. The predicted octanol–water partition coefficient (Wildman–Crippen LogP) is 2.00. The van der Waals surface area contributed by atoms with Crippen molar-refractivity contribution in [3.05, 3.63) is 33.2 Å². The molecule has 2 heterocycles. The highest BCUT2D eigenvalue weighted by atomic mass is 79.9. The minimum absolute atomic E-state index is 0.307. The molecule has 6 heteroatoms. The highest BCUT2D eigenvalue weighted by molar-refractivity contribution is 9.10. The van der Waals surface area contributed by atoms with Crippen LogP contribution in [0, 0.1) is 0 Å². The van der Waals surface area contributed by atoms with Crippen molar-refractivity contribution in [2.45, 2.75) is 0 Å². The molecule has 3 rings (SSSR count). The van der Waals surface area contributed by atoms with Gasteiger partial charge in [-0.2, -0.15) is 4.98 Å².